The summed E-state index contributed by atoms with van der Waals surface area (Å²) in [4.78, 5) is 51.0. The van der Waals surface area contributed by atoms with Gasteiger partial charge in [-0.3, -0.25) is 19.3 Å². The summed E-state index contributed by atoms with van der Waals surface area (Å²) >= 11 is 5.79. The molecule has 0 aliphatic carbocycles. The van der Waals surface area contributed by atoms with Crippen LogP contribution in [0.2, 0.25) is 5.02 Å². The minimum Gasteiger partial charge on any atom is -0.454 e. The van der Waals surface area contributed by atoms with Crippen LogP contribution in [0.15, 0.2) is 48.5 Å². The smallest absolute Gasteiger partial charge is 0.330 e. The largest absolute Gasteiger partial charge is 0.454 e. The van der Waals surface area contributed by atoms with Crippen LogP contribution in [0.25, 0.3) is 0 Å². The third kappa shape index (κ3) is 4.30. The number of rotatable bonds is 6. The number of carbonyl (C=O) groups excluding carboxylic acids is 4. The molecule has 1 aliphatic heterocycles. The highest BCUT2D eigenvalue weighted by Crippen LogP contribution is 2.27. The highest BCUT2D eigenvalue weighted by molar-refractivity contribution is 6.30. The van der Waals surface area contributed by atoms with E-state index in [4.69, 9.17) is 16.3 Å². The van der Waals surface area contributed by atoms with E-state index < -0.39 is 42.3 Å². The van der Waals surface area contributed by atoms with Crippen LogP contribution in [0.5, 0.6) is 0 Å². The lowest BCUT2D eigenvalue weighted by Gasteiger charge is -2.27. The highest BCUT2D eigenvalue weighted by atomic mass is 35.5. The van der Waals surface area contributed by atoms with E-state index in [0.29, 0.717) is 10.7 Å². The van der Waals surface area contributed by atoms with Crippen LogP contribution in [0.4, 0.5) is 5.69 Å². The van der Waals surface area contributed by atoms with Gasteiger partial charge in [0.25, 0.3) is 17.7 Å². The fourth-order valence-corrected chi connectivity index (χ4v) is 3.21. The van der Waals surface area contributed by atoms with Gasteiger partial charge in [-0.25, -0.2) is 4.79 Å². The number of esters is 1. The van der Waals surface area contributed by atoms with Crippen LogP contribution in [-0.2, 0) is 14.3 Å². The van der Waals surface area contributed by atoms with Crippen molar-refractivity contribution < 1.29 is 23.9 Å². The predicted octanol–water partition coefficient (Wildman–Crippen LogP) is 3.14. The number of amides is 3. The molecule has 0 bridgehead atoms. The van der Waals surface area contributed by atoms with Gasteiger partial charge in [-0.2, -0.15) is 0 Å². The highest BCUT2D eigenvalue weighted by Gasteiger charge is 2.44. The molecule has 0 saturated heterocycles. The molecule has 29 heavy (non-hydrogen) atoms. The van der Waals surface area contributed by atoms with Crippen molar-refractivity contribution in [2.75, 3.05) is 11.9 Å². The number of fused-ring (bicyclic) bond motifs is 1. The second-order valence-corrected chi connectivity index (χ2v) is 7.31. The van der Waals surface area contributed by atoms with Crippen molar-refractivity contribution in [2.45, 2.75) is 19.9 Å². The van der Waals surface area contributed by atoms with Crippen molar-refractivity contribution >= 4 is 41.0 Å². The second kappa shape index (κ2) is 8.45. The first-order valence-corrected chi connectivity index (χ1v) is 9.36. The number of carbonyl (C=O) groups is 4. The average molecular weight is 415 g/mol. The monoisotopic (exact) mass is 414 g/mol. The maximum absolute atomic E-state index is 12.7. The van der Waals surface area contributed by atoms with Crippen molar-refractivity contribution in [1.82, 2.24) is 4.90 Å². The third-order valence-electron chi connectivity index (χ3n) is 4.45. The predicted molar refractivity (Wildman–Crippen MR) is 107 cm³/mol. The normalized spacial score (nSPS) is 14.0. The molecule has 0 aromatic heterocycles. The van der Waals surface area contributed by atoms with Gasteiger partial charge < -0.3 is 10.1 Å². The van der Waals surface area contributed by atoms with Gasteiger partial charge in [0.05, 0.1) is 11.1 Å². The number of ether oxygens (including phenoxy) is 1. The molecule has 1 heterocycles. The van der Waals surface area contributed by atoms with Gasteiger partial charge >= 0.3 is 5.97 Å². The first kappa shape index (κ1) is 20.5. The molecule has 1 aliphatic rings. The SMILES string of the molecule is CC(C)[C@@H](C(=O)OCC(=O)Nc1ccc(Cl)cc1)N1C(=O)c2ccccc2C1=O. The average Bonchev–Trinajstić information content (AvgIpc) is 2.94. The van der Waals surface area contributed by atoms with Crippen LogP contribution in [0.1, 0.15) is 34.6 Å². The molecule has 0 radical (unpaired) electrons. The Balaban J connectivity index is 1.67. The van der Waals surface area contributed by atoms with E-state index in [2.05, 4.69) is 5.32 Å². The molecule has 0 spiro atoms. The van der Waals surface area contributed by atoms with Gasteiger partial charge in [0.1, 0.15) is 6.04 Å². The fourth-order valence-electron chi connectivity index (χ4n) is 3.09. The standard InChI is InChI=1S/C21H19ClN2O5/c1-12(2)18(24-19(26)15-5-3-4-6-16(15)20(24)27)21(28)29-11-17(25)23-14-9-7-13(22)8-10-14/h3-10,12,18H,11H2,1-2H3,(H,23,25)/t18-/m0/s1. The van der Waals surface area contributed by atoms with E-state index in [1.54, 1.807) is 50.2 Å². The Morgan fingerprint density at radius 2 is 1.55 bits per heavy atom. The molecule has 7 nitrogen and oxygen atoms in total. The lowest BCUT2D eigenvalue weighted by Crippen LogP contribution is -2.49. The van der Waals surface area contributed by atoms with E-state index in [9.17, 15) is 19.2 Å². The van der Waals surface area contributed by atoms with E-state index in [1.165, 1.54) is 12.1 Å². The number of halogens is 1. The molecular weight excluding hydrogens is 396 g/mol. The zero-order valence-corrected chi connectivity index (χ0v) is 16.6. The van der Waals surface area contributed by atoms with Gasteiger partial charge in [0.2, 0.25) is 0 Å². The Morgan fingerprint density at radius 1 is 1.00 bits per heavy atom. The Kier molecular flexibility index (Phi) is 5.98. The molecule has 0 unspecified atom stereocenters. The Labute approximate surface area is 172 Å². The molecule has 2 aromatic carbocycles. The van der Waals surface area contributed by atoms with Gasteiger partial charge in [-0.1, -0.05) is 37.6 Å². The number of hydrogen-bond acceptors (Lipinski definition) is 5. The molecule has 0 fully saturated rings. The van der Waals surface area contributed by atoms with Crippen LogP contribution in [0, 0.1) is 5.92 Å². The van der Waals surface area contributed by atoms with Crippen LogP contribution in [-0.4, -0.2) is 41.2 Å². The van der Waals surface area contributed by atoms with Crippen LogP contribution >= 0.6 is 11.6 Å². The number of hydrogen-bond donors (Lipinski definition) is 1. The maximum atomic E-state index is 12.7. The first-order chi connectivity index (χ1) is 13.8. The number of anilines is 1. The molecule has 1 N–H and O–H groups in total. The van der Waals surface area contributed by atoms with Crippen molar-refractivity contribution in [2.24, 2.45) is 5.92 Å². The van der Waals surface area contributed by atoms with E-state index in [-0.39, 0.29) is 11.1 Å². The van der Waals surface area contributed by atoms with Crippen molar-refractivity contribution in [3.05, 3.63) is 64.7 Å². The summed E-state index contributed by atoms with van der Waals surface area (Å²) in [6.07, 6.45) is 0. The lowest BCUT2D eigenvalue weighted by atomic mass is 10.0. The second-order valence-electron chi connectivity index (χ2n) is 6.88. The molecule has 1 atom stereocenters. The van der Waals surface area contributed by atoms with E-state index >= 15 is 0 Å². The van der Waals surface area contributed by atoms with Gasteiger partial charge in [-0.05, 0) is 42.3 Å². The quantitative estimate of drug-likeness (QED) is 0.579. The van der Waals surface area contributed by atoms with Gasteiger partial charge in [0, 0.05) is 10.7 Å². The van der Waals surface area contributed by atoms with Crippen LogP contribution < -0.4 is 5.32 Å². The minimum atomic E-state index is -1.13. The Bertz CT molecular complexity index is 936. The summed E-state index contributed by atoms with van der Waals surface area (Å²) in [6, 6.07) is 11.7. The number of nitrogens with zero attached hydrogens (tertiary/aromatic N) is 1. The summed E-state index contributed by atoms with van der Waals surface area (Å²) in [5.41, 5.74) is 0.990. The molecule has 2 aromatic rings. The number of nitrogens with one attached hydrogen (secondary N) is 1. The molecular formula is C21H19ClN2O5. The minimum absolute atomic E-state index is 0.247. The maximum Gasteiger partial charge on any atom is 0.330 e. The summed E-state index contributed by atoms with van der Waals surface area (Å²) < 4.78 is 5.11. The van der Waals surface area contributed by atoms with E-state index in [1.807, 2.05) is 0 Å². The van der Waals surface area contributed by atoms with Crippen LogP contribution in [0.3, 0.4) is 0 Å². The Hall–Kier alpha value is -3.19. The zero-order valence-electron chi connectivity index (χ0n) is 15.8. The van der Waals surface area contributed by atoms with Crippen molar-refractivity contribution in [1.29, 1.82) is 0 Å². The third-order valence-corrected chi connectivity index (χ3v) is 4.70. The molecule has 8 heteroatoms. The van der Waals surface area contributed by atoms with Crippen molar-refractivity contribution in [3.8, 4) is 0 Å². The molecule has 3 rings (SSSR count). The van der Waals surface area contributed by atoms with Gasteiger partial charge in [0.15, 0.2) is 6.61 Å². The zero-order chi connectivity index (χ0) is 21.1. The summed E-state index contributed by atoms with van der Waals surface area (Å²) in [7, 11) is 0. The number of benzene rings is 2. The van der Waals surface area contributed by atoms with Crippen molar-refractivity contribution in [3.63, 3.8) is 0 Å². The van der Waals surface area contributed by atoms with Gasteiger partial charge in [-0.15, -0.1) is 0 Å². The lowest BCUT2D eigenvalue weighted by molar-refractivity contribution is -0.152. The fraction of sp³-hybridized carbons (Fsp3) is 0.238. The topological polar surface area (TPSA) is 92.8 Å². The summed E-state index contributed by atoms with van der Waals surface area (Å²) in [5.74, 6) is -2.87. The summed E-state index contributed by atoms with van der Waals surface area (Å²) in [5, 5.41) is 3.09. The van der Waals surface area contributed by atoms with E-state index in [0.717, 1.165) is 4.90 Å². The first-order valence-electron chi connectivity index (χ1n) is 8.98. The summed E-state index contributed by atoms with van der Waals surface area (Å²) in [6.45, 7) is 2.85. The molecule has 150 valence electrons. The molecule has 0 saturated carbocycles. The Morgan fingerprint density at radius 3 is 2.07 bits per heavy atom. The molecule has 3 amide bonds. The number of imide groups is 1.